The molecule has 0 radical (unpaired) electrons. The standard InChI is InChI=1S/C6H11BrO/c1-3-5(4-2)6(7)8/h5H,3-4H2,1-2H3. The molecule has 48 valence electrons. The van der Waals surface area contributed by atoms with Crippen molar-refractivity contribution >= 4 is 20.6 Å². The Bertz CT molecular complexity index is 76.6. The molecule has 0 aromatic rings. The van der Waals surface area contributed by atoms with Gasteiger partial charge in [-0.1, -0.05) is 13.8 Å². The van der Waals surface area contributed by atoms with Crippen LogP contribution in [-0.4, -0.2) is 4.69 Å². The highest BCUT2D eigenvalue weighted by atomic mass is 79.9. The van der Waals surface area contributed by atoms with Crippen LogP contribution in [0.25, 0.3) is 0 Å². The molecule has 0 heterocycles. The fourth-order valence-electron chi connectivity index (χ4n) is 0.610. The second kappa shape index (κ2) is 4.07. The number of hydrogen-bond acceptors (Lipinski definition) is 1. The summed E-state index contributed by atoms with van der Waals surface area (Å²) in [5, 5.41) is 0. The summed E-state index contributed by atoms with van der Waals surface area (Å²) in [7, 11) is 0. The van der Waals surface area contributed by atoms with Gasteiger partial charge in [0.2, 0.25) is 4.69 Å². The summed E-state index contributed by atoms with van der Waals surface area (Å²) in [4.78, 5) is 10.5. The molecule has 0 aromatic heterocycles. The van der Waals surface area contributed by atoms with Crippen molar-refractivity contribution in [2.24, 2.45) is 5.92 Å². The van der Waals surface area contributed by atoms with E-state index in [0.29, 0.717) is 0 Å². The number of carbonyl (C=O) groups excluding carboxylic acids is 1. The van der Waals surface area contributed by atoms with Crippen LogP contribution in [0.15, 0.2) is 0 Å². The maximum Gasteiger partial charge on any atom is 0.200 e. The lowest BCUT2D eigenvalue weighted by atomic mass is 10.1. The maximum absolute atomic E-state index is 10.5. The van der Waals surface area contributed by atoms with Crippen LogP contribution in [0.2, 0.25) is 0 Å². The monoisotopic (exact) mass is 178 g/mol. The van der Waals surface area contributed by atoms with E-state index in [4.69, 9.17) is 0 Å². The van der Waals surface area contributed by atoms with Crippen molar-refractivity contribution in [3.8, 4) is 0 Å². The molecule has 1 nitrogen and oxygen atoms in total. The molecule has 0 spiro atoms. The van der Waals surface area contributed by atoms with Crippen molar-refractivity contribution in [1.82, 2.24) is 0 Å². The number of halogens is 1. The smallest absolute Gasteiger partial charge is 0.200 e. The van der Waals surface area contributed by atoms with E-state index in [1.165, 1.54) is 0 Å². The van der Waals surface area contributed by atoms with Gasteiger partial charge in [-0.3, -0.25) is 4.79 Å². The Balaban J connectivity index is 3.52. The van der Waals surface area contributed by atoms with E-state index in [1.807, 2.05) is 13.8 Å². The lowest BCUT2D eigenvalue weighted by Crippen LogP contribution is -2.03. The first-order valence-electron chi connectivity index (χ1n) is 2.91. The molecule has 0 unspecified atom stereocenters. The van der Waals surface area contributed by atoms with Crippen LogP contribution in [0, 0.1) is 5.92 Å². The summed E-state index contributed by atoms with van der Waals surface area (Å²) in [6.45, 7) is 4.04. The molecular weight excluding hydrogens is 168 g/mol. The van der Waals surface area contributed by atoms with E-state index >= 15 is 0 Å². The molecule has 0 aliphatic heterocycles. The summed E-state index contributed by atoms with van der Waals surface area (Å²) < 4.78 is 0.141. The second-order valence-corrected chi connectivity index (χ2v) is 2.60. The Hall–Kier alpha value is 0.150. The minimum Gasteiger partial charge on any atom is -0.286 e. The van der Waals surface area contributed by atoms with Gasteiger partial charge in [0, 0.05) is 5.92 Å². The summed E-state index contributed by atoms with van der Waals surface area (Å²) in [6.07, 6.45) is 1.89. The SMILES string of the molecule is CCC(CC)C(=O)Br. The van der Waals surface area contributed by atoms with Crippen LogP contribution in [-0.2, 0) is 4.79 Å². The maximum atomic E-state index is 10.5. The first kappa shape index (κ1) is 8.15. The van der Waals surface area contributed by atoms with Crippen LogP contribution < -0.4 is 0 Å². The van der Waals surface area contributed by atoms with Crippen LogP contribution in [0.4, 0.5) is 0 Å². The average Bonchev–Trinajstić information content (AvgIpc) is 1.69. The lowest BCUT2D eigenvalue weighted by molar-refractivity contribution is -0.113. The minimum absolute atomic E-state index is 0.141. The molecule has 0 bridgehead atoms. The Morgan fingerprint density at radius 1 is 1.50 bits per heavy atom. The second-order valence-electron chi connectivity index (χ2n) is 1.82. The van der Waals surface area contributed by atoms with Gasteiger partial charge in [0.25, 0.3) is 0 Å². The van der Waals surface area contributed by atoms with Crippen molar-refractivity contribution in [3.63, 3.8) is 0 Å². The predicted octanol–water partition coefficient (Wildman–Crippen LogP) is 2.34. The van der Waals surface area contributed by atoms with Gasteiger partial charge >= 0.3 is 0 Å². The highest BCUT2D eigenvalue weighted by molar-refractivity contribution is 9.18. The first-order chi connectivity index (χ1) is 3.72. The molecule has 0 N–H and O–H groups in total. The number of rotatable bonds is 3. The Morgan fingerprint density at radius 2 is 1.88 bits per heavy atom. The van der Waals surface area contributed by atoms with Crippen molar-refractivity contribution in [2.45, 2.75) is 26.7 Å². The quantitative estimate of drug-likeness (QED) is 0.607. The Kier molecular flexibility index (Phi) is 4.15. The zero-order chi connectivity index (χ0) is 6.57. The van der Waals surface area contributed by atoms with Gasteiger partial charge in [-0.2, -0.15) is 0 Å². The molecule has 0 aliphatic rings. The zero-order valence-electron chi connectivity index (χ0n) is 5.28. The van der Waals surface area contributed by atoms with Gasteiger partial charge in [-0.25, -0.2) is 0 Å². The molecule has 0 atom stereocenters. The van der Waals surface area contributed by atoms with Gasteiger partial charge in [0.15, 0.2) is 0 Å². The predicted molar refractivity (Wildman–Crippen MR) is 38.0 cm³/mol. The summed E-state index contributed by atoms with van der Waals surface area (Å²) in [6, 6.07) is 0. The van der Waals surface area contributed by atoms with E-state index in [-0.39, 0.29) is 10.6 Å². The molecule has 0 amide bonds. The molecule has 8 heavy (non-hydrogen) atoms. The van der Waals surface area contributed by atoms with Crippen LogP contribution in [0.1, 0.15) is 26.7 Å². The molecule has 0 aromatic carbocycles. The summed E-state index contributed by atoms with van der Waals surface area (Å²) in [5.41, 5.74) is 0. The van der Waals surface area contributed by atoms with Crippen molar-refractivity contribution in [1.29, 1.82) is 0 Å². The van der Waals surface area contributed by atoms with Gasteiger partial charge < -0.3 is 0 Å². The van der Waals surface area contributed by atoms with E-state index in [2.05, 4.69) is 15.9 Å². The fourth-order valence-corrected chi connectivity index (χ4v) is 1.26. The van der Waals surface area contributed by atoms with Crippen molar-refractivity contribution in [2.75, 3.05) is 0 Å². The average molecular weight is 179 g/mol. The number of hydrogen-bond donors (Lipinski definition) is 0. The lowest BCUT2D eigenvalue weighted by Gasteiger charge is -2.02. The highest BCUT2D eigenvalue weighted by Crippen LogP contribution is 2.11. The molecular formula is C6H11BrO. The van der Waals surface area contributed by atoms with Crippen LogP contribution in [0.3, 0.4) is 0 Å². The molecule has 0 fully saturated rings. The van der Waals surface area contributed by atoms with Gasteiger partial charge in [-0.05, 0) is 28.8 Å². The van der Waals surface area contributed by atoms with Gasteiger partial charge in [0.1, 0.15) is 0 Å². The van der Waals surface area contributed by atoms with Gasteiger partial charge in [-0.15, -0.1) is 0 Å². The largest absolute Gasteiger partial charge is 0.286 e. The third kappa shape index (κ3) is 2.46. The van der Waals surface area contributed by atoms with Gasteiger partial charge in [0.05, 0.1) is 0 Å². The molecule has 0 aliphatic carbocycles. The molecule has 0 saturated carbocycles. The Morgan fingerprint density at radius 3 is 1.88 bits per heavy atom. The third-order valence-electron chi connectivity index (χ3n) is 1.31. The van der Waals surface area contributed by atoms with E-state index in [9.17, 15) is 4.79 Å². The summed E-state index contributed by atoms with van der Waals surface area (Å²) >= 11 is 2.92. The molecule has 0 rings (SSSR count). The highest BCUT2D eigenvalue weighted by Gasteiger charge is 2.08. The van der Waals surface area contributed by atoms with Crippen LogP contribution in [0.5, 0.6) is 0 Å². The molecule has 2 heteroatoms. The topological polar surface area (TPSA) is 17.1 Å². The minimum atomic E-state index is 0.141. The first-order valence-corrected chi connectivity index (χ1v) is 3.71. The third-order valence-corrected chi connectivity index (χ3v) is 1.95. The zero-order valence-corrected chi connectivity index (χ0v) is 6.86. The molecule has 0 saturated heterocycles. The fraction of sp³-hybridized carbons (Fsp3) is 0.833. The van der Waals surface area contributed by atoms with E-state index in [0.717, 1.165) is 12.8 Å². The van der Waals surface area contributed by atoms with Crippen LogP contribution >= 0.6 is 15.9 Å². The Labute approximate surface area is 58.6 Å². The van der Waals surface area contributed by atoms with E-state index < -0.39 is 0 Å². The van der Waals surface area contributed by atoms with Crippen molar-refractivity contribution in [3.05, 3.63) is 0 Å². The van der Waals surface area contributed by atoms with E-state index in [1.54, 1.807) is 0 Å². The number of carbonyl (C=O) groups is 1. The normalized spacial score (nSPS) is 10.0. The van der Waals surface area contributed by atoms with Crippen molar-refractivity contribution < 1.29 is 4.79 Å². The summed E-state index contributed by atoms with van der Waals surface area (Å²) in [5.74, 6) is 0.231.